The van der Waals surface area contributed by atoms with Gasteiger partial charge in [-0.3, -0.25) is 0 Å². The summed E-state index contributed by atoms with van der Waals surface area (Å²) in [5.41, 5.74) is 7.41. The molecule has 4 nitrogen and oxygen atoms in total. The highest BCUT2D eigenvalue weighted by atomic mass is 16.5. The van der Waals surface area contributed by atoms with E-state index in [0.29, 0.717) is 6.54 Å². The van der Waals surface area contributed by atoms with Crippen LogP contribution in [0.2, 0.25) is 0 Å². The van der Waals surface area contributed by atoms with Crippen LogP contribution in [0.1, 0.15) is 5.56 Å². The summed E-state index contributed by atoms with van der Waals surface area (Å²) >= 11 is 0. The predicted molar refractivity (Wildman–Crippen MR) is 55.6 cm³/mol. The molecule has 2 fully saturated rings. The van der Waals surface area contributed by atoms with Crippen molar-refractivity contribution in [2.75, 3.05) is 33.0 Å². The molecule has 0 amide bonds. The molecule has 2 aliphatic rings. The summed E-state index contributed by atoms with van der Waals surface area (Å²) in [6, 6.07) is 2.12. The predicted octanol–water partition coefficient (Wildman–Crippen LogP) is 0.258. The minimum absolute atomic E-state index is 0.0833. The van der Waals surface area contributed by atoms with Crippen LogP contribution in [0.15, 0.2) is 18.5 Å². The molecule has 0 aromatic carbocycles. The van der Waals surface area contributed by atoms with Crippen molar-refractivity contribution in [1.29, 1.82) is 0 Å². The zero-order valence-electron chi connectivity index (χ0n) is 8.66. The maximum atomic E-state index is 5.92. The summed E-state index contributed by atoms with van der Waals surface area (Å²) in [6.07, 6.45) is 4.01. The van der Waals surface area contributed by atoms with Crippen LogP contribution in [0.3, 0.4) is 0 Å². The monoisotopic (exact) mass is 208 g/mol. The Morgan fingerprint density at radius 3 is 2.33 bits per heavy atom. The molecule has 1 aromatic rings. The molecule has 3 N–H and O–H groups in total. The third kappa shape index (κ3) is 1.02. The lowest BCUT2D eigenvalue weighted by molar-refractivity contribution is -0.223. The minimum Gasteiger partial charge on any atom is -0.380 e. The number of hydrogen-bond acceptors (Lipinski definition) is 3. The van der Waals surface area contributed by atoms with Gasteiger partial charge in [0.15, 0.2) is 0 Å². The Labute approximate surface area is 88.8 Å². The molecule has 0 radical (unpaired) electrons. The van der Waals surface area contributed by atoms with Gasteiger partial charge in [-0.25, -0.2) is 0 Å². The number of rotatable bonds is 3. The quantitative estimate of drug-likeness (QED) is 0.749. The number of aromatic nitrogens is 1. The normalized spacial score (nSPS) is 26.7. The molecule has 2 saturated heterocycles. The van der Waals surface area contributed by atoms with E-state index in [1.165, 1.54) is 5.56 Å². The van der Waals surface area contributed by atoms with Crippen LogP contribution in [0.25, 0.3) is 0 Å². The molecule has 0 spiro atoms. The van der Waals surface area contributed by atoms with Crippen molar-refractivity contribution < 1.29 is 9.47 Å². The number of nitrogens with two attached hydrogens (primary N) is 1. The molecule has 2 aliphatic heterocycles. The topological polar surface area (TPSA) is 60.3 Å². The smallest absolute Gasteiger partial charge is 0.0593 e. The Balaban J connectivity index is 1.99. The fraction of sp³-hybridized carbons (Fsp3) is 0.636. The highest BCUT2D eigenvalue weighted by molar-refractivity contribution is 5.31. The van der Waals surface area contributed by atoms with Crippen molar-refractivity contribution >= 4 is 0 Å². The number of hydrogen-bond donors (Lipinski definition) is 2. The molecule has 4 heteroatoms. The lowest BCUT2D eigenvalue weighted by atomic mass is 9.57. The molecular formula is C11H16N2O2. The summed E-state index contributed by atoms with van der Waals surface area (Å²) in [5.74, 6) is 0. The molecule has 0 unspecified atom stereocenters. The molecule has 0 saturated carbocycles. The minimum atomic E-state index is 0.0833. The van der Waals surface area contributed by atoms with E-state index >= 15 is 0 Å². The maximum Gasteiger partial charge on any atom is 0.0593 e. The SMILES string of the molecule is NCC1(C2(c3cc[nH]c3)COC2)COC1. The highest BCUT2D eigenvalue weighted by Crippen LogP contribution is 2.51. The van der Waals surface area contributed by atoms with E-state index in [0.717, 1.165) is 26.4 Å². The largest absolute Gasteiger partial charge is 0.380 e. The Kier molecular flexibility index (Phi) is 1.92. The zero-order chi connectivity index (χ0) is 10.4. The number of nitrogens with one attached hydrogen (secondary N) is 1. The Morgan fingerprint density at radius 1 is 1.27 bits per heavy atom. The molecule has 3 rings (SSSR count). The van der Waals surface area contributed by atoms with Crippen molar-refractivity contribution in [3.05, 3.63) is 24.0 Å². The van der Waals surface area contributed by atoms with Crippen molar-refractivity contribution in [3.63, 3.8) is 0 Å². The Bertz CT molecular complexity index is 334. The van der Waals surface area contributed by atoms with Crippen molar-refractivity contribution in [1.82, 2.24) is 4.98 Å². The Morgan fingerprint density at radius 2 is 2.00 bits per heavy atom. The van der Waals surface area contributed by atoms with Crippen molar-refractivity contribution in [2.45, 2.75) is 5.41 Å². The van der Waals surface area contributed by atoms with Gasteiger partial charge in [0.25, 0.3) is 0 Å². The first-order valence-corrected chi connectivity index (χ1v) is 5.32. The van der Waals surface area contributed by atoms with E-state index in [1.807, 2.05) is 6.20 Å². The first-order chi connectivity index (χ1) is 7.33. The van der Waals surface area contributed by atoms with E-state index in [-0.39, 0.29) is 10.8 Å². The number of ether oxygens (including phenoxy) is 2. The number of aromatic amines is 1. The molecule has 0 aliphatic carbocycles. The first kappa shape index (κ1) is 9.39. The zero-order valence-corrected chi connectivity index (χ0v) is 8.66. The van der Waals surface area contributed by atoms with Crippen LogP contribution in [-0.2, 0) is 14.9 Å². The van der Waals surface area contributed by atoms with Gasteiger partial charge < -0.3 is 20.2 Å². The number of H-pyrrole nitrogens is 1. The summed E-state index contributed by atoms with van der Waals surface area (Å²) in [5, 5.41) is 0. The average Bonchev–Trinajstić information content (AvgIpc) is 2.60. The van der Waals surface area contributed by atoms with E-state index in [2.05, 4.69) is 17.2 Å². The highest BCUT2D eigenvalue weighted by Gasteiger charge is 2.60. The van der Waals surface area contributed by atoms with Crippen LogP contribution >= 0.6 is 0 Å². The standard InChI is InChI=1S/C11H16N2O2/c12-4-10(5-14-6-10)11(7-15-8-11)9-1-2-13-3-9/h1-3,13H,4-8,12H2. The van der Waals surface area contributed by atoms with Gasteiger partial charge in [0, 0.05) is 24.4 Å². The molecule has 1 aromatic heterocycles. The van der Waals surface area contributed by atoms with Gasteiger partial charge in [-0.2, -0.15) is 0 Å². The van der Waals surface area contributed by atoms with Gasteiger partial charge in [0.05, 0.1) is 31.8 Å². The molecular weight excluding hydrogens is 192 g/mol. The van der Waals surface area contributed by atoms with Crippen molar-refractivity contribution in [3.8, 4) is 0 Å². The third-order valence-corrected chi connectivity index (χ3v) is 4.01. The fourth-order valence-corrected chi connectivity index (χ4v) is 2.64. The maximum absolute atomic E-state index is 5.92. The first-order valence-electron chi connectivity index (χ1n) is 5.32. The second-order valence-electron chi connectivity index (χ2n) is 4.65. The van der Waals surface area contributed by atoms with Gasteiger partial charge >= 0.3 is 0 Å². The van der Waals surface area contributed by atoms with Crippen LogP contribution in [0.4, 0.5) is 0 Å². The van der Waals surface area contributed by atoms with E-state index in [9.17, 15) is 0 Å². The van der Waals surface area contributed by atoms with Crippen molar-refractivity contribution in [2.24, 2.45) is 11.1 Å². The van der Waals surface area contributed by atoms with Gasteiger partial charge in [0.1, 0.15) is 0 Å². The second kappa shape index (κ2) is 3.07. The van der Waals surface area contributed by atoms with E-state index in [4.69, 9.17) is 15.2 Å². The van der Waals surface area contributed by atoms with Gasteiger partial charge in [-0.15, -0.1) is 0 Å². The van der Waals surface area contributed by atoms with Crippen LogP contribution in [0, 0.1) is 5.41 Å². The molecule has 15 heavy (non-hydrogen) atoms. The second-order valence-corrected chi connectivity index (χ2v) is 4.65. The van der Waals surface area contributed by atoms with Gasteiger partial charge in [0.2, 0.25) is 0 Å². The summed E-state index contributed by atoms with van der Waals surface area (Å²) in [4.78, 5) is 3.11. The summed E-state index contributed by atoms with van der Waals surface area (Å²) in [7, 11) is 0. The average molecular weight is 208 g/mol. The van der Waals surface area contributed by atoms with Crippen LogP contribution in [-0.4, -0.2) is 38.0 Å². The molecule has 82 valence electrons. The van der Waals surface area contributed by atoms with E-state index < -0.39 is 0 Å². The van der Waals surface area contributed by atoms with E-state index in [1.54, 1.807) is 0 Å². The third-order valence-electron chi connectivity index (χ3n) is 4.01. The van der Waals surface area contributed by atoms with Crippen LogP contribution < -0.4 is 5.73 Å². The van der Waals surface area contributed by atoms with Crippen LogP contribution in [0.5, 0.6) is 0 Å². The lowest BCUT2D eigenvalue weighted by Gasteiger charge is -2.58. The Hall–Kier alpha value is -0.840. The lowest BCUT2D eigenvalue weighted by Crippen LogP contribution is -2.69. The van der Waals surface area contributed by atoms with Gasteiger partial charge in [-0.1, -0.05) is 0 Å². The fourth-order valence-electron chi connectivity index (χ4n) is 2.64. The summed E-state index contributed by atoms with van der Waals surface area (Å²) < 4.78 is 10.8. The summed E-state index contributed by atoms with van der Waals surface area (Å²) in [6.45, 7) is 3.73. The molecule has 0 bridgehead atoms. The molecule has 0 atom stereocenters. The molecule has 3 heterocycles. The van der Waals surface area contributed by atoms with Gasteiger partial charge in [-0.05, 0) is 11.6 Å².